The lowest BCUT2D eigenvalue weighted by molar-refractivity contribution is 0.0695. The topological polar surface area (TPSA) is 136 Å². The molecule has 33 heavy (non-hydrogen) atoms. The standard InChI is InChI=1S/C22H25F2N5O4/c1-3-6-33-27-13-8-28(10-22(13,2)9-25)19-15(23)17(26)14-18(16(19)24)29(11-4-5-11)7-12(20(14)30)21(31)32/h3,7,11H,1,4-6,8-10,25-26H2,2H3,(H,31,32)/b27-13-. The fourth-order valence-electron chi connectivity index (χ4n) is 4.21. The van der Waals surface area contributed by atoms with Crippen LogP contribution in [-0.2, 0) is 4.84 Å². The van der Waals surface area contributed by atoms with Crippen LogP contribution in [0.15, 0.2) is 28.8 Å². The lowest BCUT2D eigenvalue weighted by Crippen LogP contribution is -2.36. The Morgan fingerprint density at radius 2 is 2.12 bits per heavy atom. The minimum Gasteiger partial charge on any atom is -0.477 e. The molecular weight excluding hydrogens is 436 g/mol. The molecule has 1 atom stereocenters. The smallest absolute Gasteiger partial charge is 0.341 e. The van der Waals surface area contributed by atoms with Crippen molar-refractivity contribution in [3.8, 4) is 0 Å². The minimum atomic E-state index is -1.49. The summed E-state index contributed by atoms with van der Waals surface area (Å²) in [6.07, 6.45) is 3.98. The Hall–Kier alpha value is -3.47. The van der Waals surface area contributed by atoms with E-state index in [9.17, 15) is 14.7 Å². The first-order valence-electron chi connectivity index (χ1n) is 10.5. The monoisotopic (exact) mass is 461 g/mol. The summed E-state index contributed by atoms with van der Waals surface area (Å²) < 4.78 is 32.8. The number of carboxylic acid groups (broad SMARTS) is 1. The van der Waals surface area contributed by atoms with E-state index in [2.05, 4.69) is 11.7 Å². The summed E-state index contributed by atoms with van der Waals surface area (Å²) in [5, 5.41) is 13.0. The fraction of sp³-hybridized carbons (Fsp3) is 0.409. The summed E-state index contributed by atoms with van der Waals surface area (Å²) in [5.41, 5.74) is 8.90. The number of hydrogen-bond donors (Lipinski definition) is 3. The summed E-state index contributed by atoms with van der Waals surface area (Å²) in [7, 11) is 0. The van der Waals surface area contributed by atoms with Crippen LogP contribution in [0.2, 0.25) is 0 Å². The normalized spacial score (nSPS) is 21.7. The molecule has 1 saturated heterocycles. The second kappa shape index (κ2) is 8.14. The van der Waals surface area contributed by atoms with Crippen LogP contribution in [0.3, 0.4) is 0 Å². The number of oxime groups is 1. The maximum atomic E-state index is 16.0. The summed E-state index contributed by atoms with van der Waals surface area (Å²) >= 11 is 0. The van der Waals surface area contributed by atoms with Crippen molar-refractivity contribution in [2.24, 2.45) is 16.3 Å². The minimum absolute atomic E-state index is 0.0322. The van der Waals surface area contributed by atoms with Crippen LogP contribution in [0.4, 0.5) is 20.2 Å². The van der Waals surface area contributed by atoms with Gasteiger partial charge in [-0.05, 0) is 12.8 Å². The highest BCUT2D eigenvalue weighted by Crippen LogP contribution is 2.43. The Kier molecular flexibility index (Phi) is 5.61. The van der Waals surface area contributed by atoms with Crippen molar-refractivity contribution in [1.29, 1.82) is 0 Å². The summed E-state index contributed by atoms with van der Waals surface area (Å²) in [5.74, 6) is -3.60. The number of aromatic nitrogens is 1. The number of benzene rings is 1. The number of carbonyl (C=O) groups is 1. The Labute approximate surface area is 187 Å². The number of nitrogens with two attached hydrogens (primary N) is 2. The Morgan fingerprint density at radius 3 is 2.70 bits per heavy atom. The number of fused-ring (bicyclic) bond motifs is 1. The van der Waals surface area contributed by atoms with Gasteiger partial charge in [0.05, 0.1) is 28.8 Å². The van der Waals surface area contributed by atoms with Crippen LogP contribution < -0.4 is 21.8 Å². The number of pyridine rings is 1. The van der Waals surface area contributed by atoms with E-state index in [0.717, 1.165) is 6.20 Å². The predicted molar refractivity (Wildman–Crippen MR) is 121 cm³/mol. The van der Waals surface area contributed by atoms with Crippen molar-refractivity contribution < 1.29 is 23.5 Å². The largest absolute Gasteiger partial charge is 0.477 e. The van der Waals surface area contributed by atoms with E-state index in [1.807, 2.05) is 6.92 Å². The molecule has 11 heteroatoms. The molecule has 1 aliphatic carbocycles. The number of anilines is 2. The molecule has 9 nitrogen and oxygen atoms in total. The average molecular weight is 461 g/mol. The van der Waals surface area contributed by atoms with E-state index in [4.69, 9.17) is 16.3 Å². The second-order valence-corrected chi connectivity index (χ2v) is 8.67. The van der Waals surface area contributed by atoms with Crippen LogP contribution >= 0.6 is 0 Å². The summed E-state index contributed by atoms with van der Waals surface area (Å²) in [6.45, 7) is 5.84. The molecule has 1 aromatic heterocycles. The average Bonchev–Trinajstić information content (AvgIpc) is 3.56. The zero-order valence-electron chi connectivity index (χ0n) is 18.1. The van der Waals surface area contributed by atoms with Gasteiger partial charge < -0.3 is 30.9 Å². The number of rotatable bonds is 7. The van der Waals surface area contributed by atoms with Gasteiger partial charge in [-0.2, -0.15) is 0 Å². The van der Waals surface area contributed by atoms with Crippen molar-refractivity contribution in [3.63, 3.8) is 0 Å². The van der Waals surface area contributed by atoms with E-state index < -0.39 is 50.8 Å². The van der Waals surface area contributed by atoms with E-state index in [0.29, 0.717) is 18.6 Å². The predicted octanol–water partition coefficient (Wildman–Crippen LogP) is 2.24. The van der Waals surface area contributed by atoms with Crippen molar-refractivity contribution in [2.45, 2.75) is 25.8 Å². The fourth-order valence-corrected chi connectivity index (χ4v) is 4.21. The Morgan fingerprint density at radius 1 is 1.42 bits per heavy atom. The van der Waals surface area contributed by atoms with E-state index in [-0.39, 0.29) is 37.8 Å². The number of halogens is 2. The van der Waals surface area contributed by atoms with Crippen molar-refractivity contribution in [1.82, 2.24) is 4.57 Å². The molecule has 1 aromatic carbocycles. The van der Waals surface area contributed by atoms with Gasteiger partial charge in [0, 0.05) is 30.7 Å². The van der Waals surface area contributed by atoms with E-state index in [1.165, 1.54) is 15.5 Å². The number of carboxylic acids is 1. The van der Waals surface area contributed by atoms with Crippen LogP contribution in [0.1, 0.15) is 36.2 Å². The molecule has 0 amide bonds. The first-order chi connectivity index (χ1) is 15.6. The van der Waals surface area contributed by atoms with Crippen LogP contribution in [-0.4, -0.2) is 47.6 Å². The van der Waals surface area contributed by atoms with Crippen molar-refractivity contribution in [2.75, 3.05) is 36.9 Å². The third-order valence-corrected chi connectivity index (χ3v) is 6.25. The van der Waals surface area contributed by atoms with E-state index in [1.54, 1.807) is 0 Å². The summed E-state index contributed by atoms with van der Waals surface area (Å²) in [6, 6.07) is -0.198. The molecule has 2 aromatic rings. The molecule has 176 valence electrons. The maximum Gasteiger partial charge on any atom is 0.341 e. The van der Waals surface area contributed by atoms with Gasteiger partial charge >= 0.3 is 5.97 Å². The maximum absolute atomic E-state index is 16.0. The molecule has 4 rings (SSSR count). The second-order valence-electron chi connectivity index (χ2n) is 8.67. The third-order valence-electron chi connectivity index (χ3n) is 6.25. The number of aromatic carboxylic acids is 1. The van der Waals surface area contributed by atoms with E-state index >= 15 is 8.78 Å². The van der Waals surface area contributed by atoms with Gasteiger partial charge in [0.2, 0.25) is 5.43 Å². The molecular formula is C22H25F2N5O4. The molecule has 5 N–H and O–H groups in total. The van der Waals surface area contributed by atoms with Crippen molar-refractivity contribution >= 4 is 34.0 Å². The molecule has 2 fully saturated rings. The zero-order chi connectivity index (χ0) is 24.1. The number of hydrogen-bond acceptors (Lipinski definition) is 7. The Bertz CT molecular complexity index is 1250. The third kappa shape index (κ3) is 3.62. The molecule has 0 bridgehead atoms. The first-order valence-corrected chi connectivity index (χ1v) is 10.5. The highest BCUT2D eigenvalue weighted by Gasteiger charge is 2.43. The molecule has 1 saturated carbocycles. The van der Waals surface area contributed by atoms with Gasteiger partial charge in [0.1, 0.15) is 17.9 Å². The van der Waals surface area contributed by atoms with Crippen LogP contribution in [0.5, 0.6) is 0 Å². The molecule has 1 unspecified atom stereocenters. The Balaban J connectivity index is 1.93. The SMILES string of the molecule is C=CCO/N=C1/CN(c2c(F)c(N)c3c(=O)c(C(=O)O)cn(C4CC4)c3c2F)CC1(C)CN. The molecule has 2 aliphatic rings. The first kappa shape index (κ1) is 22.7. The van der Waals surface area contributed by atoms with Crippen LogP contribution in [0, 0.1) is 17.0 Å². The summed E-state index contributed by atoms with van der Waals surface area (Å²) in [4.78, 5) is 31.0. The van der Waals surface area contributed by atoms with Gasteiger partial charge in [-0.3, -0.25) is 4.79 Å². The van der Waals surface area contributed by atoms with Gasteiger partial charge in [0.15, 0.2) is 11.6 Å². The molecule has 0 radical (unpaired) electrons. The number of nitrogen functional groups attached to an aromatic ring is 1. The lowest BCUT2D eigenvalue weighted by atomic mass is 9.88. The van der Waals surface area contributed by atoms with Crippen molar-refractivity contribution in [3.05, 3.63) is 46.3 Å². The van der Waals surface area contributed by atoms with Gasteiger partial charge in [-0.25, -0.2) is 13.6 Å². The highest BCUT2D eigenvalue weighted by atomic mass is 19.1. The number of nitrogens with zero attached hydrogens (tertiary/aromatic N) is 3. The highest BCUT2D eigenvalue weighted by molar-refractivity contribution is 6.02. The molecule has 2 heterocycles. The van der Waals surface area contributed by atoms with Gasteiger partial charge in [0.25, 0.3) is 0 Å². The lowest BCUT2D eigenvalue weighted by Gasteiger charge is -2.25. The molecule has 1 aliphatic heterocycles. The zero-order valence-corrected chi connectivity index (χ0v) is 18.1. The van der Waals surface area contributed by atoms with Gasteiger partial charge in [-0.1, -0.05) is 24.7 Å². The van der Waals surface area contributed by atoms with Crippen LogP contribution in [0.25, 0.3) is 10.9 Å². The molecule has 0 spiro atoms. The van der Waals surface area contributed by atoms with Gasteiger partial charge in [-0.15, -0.1) is 0 Å². The quantitative estimate of drug-likeness (QED) is 0.249.